The van der Waals surface area contributed by atoms with Crippen LogP contribution in [0.4, 0.5) is 13.6 Å². The summed E-state index contributed by atoms with van der Waals surface area (Å²) in [7, 11) is 1.32. The molecule has 1 aromatic carbocycles. The first-order valence-corrected chi connectivity index (χ1v) is 5.93. The van der Waals surface area contributed by atoms with Crippen molar-refractivity contribution in [3.05, 3.63) is 48.1 Å². The molecule has 2 atom stereocenters. The maximum atomic E-state index is 13.1. The number of carbonyl (C=O) groups excluding carboxylic acids is 1. The van der Waals surface area contributed by atoms with Gasteiger partial charge < -0.3 is 10.4 Å². The number of aliphatic hydroxyl groups excluding tert-OH is 1. The lowest BCUT2D eigenvalue weighted by atomic mass is 9.97. The summed E-state index contributed by atoms with van der Waals surface area (Å²) < 4.78 is 26.2. The Morgan fingerprint density at radius 1 is 1.42 bits per heavy atom. The zero-order chi connectivity index (χ0) is 14.4. The second-order valence-electron chi connectivity index (χ2n) is 4.38. The number of halogens is 2. The molecule has 0 heterocycles. The molecule has 0 aliphatic carbocycles. The Hall–Kier alpha value is -1.69. The fourth-order valence-corrected chi connectivity index (χ4v) is 1.86. The minimum Gasteiger partial charge on any atom is -0.391 e. The summed E-state index contributed by atoms with van der Waals surface area (Å²) in [4.78, 5) is 11.1. The van der Waals surface area contributed by atoms with E-state index >= 15 is 0 Å². The third-order valence-electron chi connectivity index (χ3n) is 2.64. The maximum absolute atomic E-state index is 13.1. The smallest absolute Gasteiger partial charge is 0.215 e. The van der Waals surface area contributed by atoms with E-state index in [1.54, 1.807) is 0 Å². The summed E-state index contributed by atoms with van der Waals surface area (Å²) in [6, 6.07) is 2.52. The van der Waals surface area contributed by atoms with Gasteiger partial charge in [-0.25, -0.2) is 8.78 Å². The van der Waals surface area contributed by atoms with Gasteiger partial charge in [0.2, 0.25) is 7.85 Å². The van der Waals surface area contributed by atoms with Crippen molar-refractivity contribution in [3.8, 4) is 0 Å². The molecular formula is C13H16BF2NO2. The Morgan fingerprint density at radius 2 is 2.00 bits per heavy atom. The Labute approximate surface area is 111 Å². The molecule has 1 rings (SSSR count). The molecule has 0 unspecified atom stereocenters. The van der Waals surface area contributed by atoms with E-state index in [0.717, 1.165) is 6.07 Å². The van der Waals surface area contributed by atoms with Gasteiger partial charge in [-0.3, -0.25) is 4.79 Å². The quantitative estimate of drug-likeness (QED) is 0.600. The van der Waals surface area contributed by atoms with Gasteiger partial charge in [0.15, 0.2) is 5.81 Å². The summed E-state index contributed by atoms with van der Waals surface area (Å²) in [6.07, 6.45) is 1.09. The average molecular weight is 267 g/mol. The van der Waals surface area contributed by atoms with Crippen molar-refractivity contribution in [2.75, 3.05) is 0 Å². The molecule has 6 heteroatoms. The van der Waals surface area contributed by atoms with E-state index in [0.29, 0.717) is 5.56 Å². The highest BCUT2D eigenvalue weighted by atomic mass is 19.1. The highest BCUT2D eigenvalue weighted by Crippen LogP contribution is 2.13. The molecule has 102 valence electrons. The standard InChI is InChI=1S/C13H16BF2NO2/c1-2-3-12(18)11(17-13(14)19)6-8-4-9(15)7-10(16)5-8/h2,4-5,7,11-12,18H,1,3,6,14H2,(H,17,19)/t11-,12-/m0/s1. The molecule has 2 N–H and O–H groups in total. The highest BCUT2D eigenvalue weighted by Gasteiger charge is 2.19. The molecule has 0 aromatic heterocycles. The molecule has 1 amide bonds. The van der Waals surface area contributed by atoms with Gasteiger partial charge in [0, 0.05) is 6.07 Å². The molecule has 0 fully saturated rings. The minimum absolute atomic E-state index is 0.142. The van der Waals surface area contributed by atoms with Gasteiger partial charge in [-0.1, -0.05) is 6.08 Å². The number of carbonyl (C=O) groups is 1. The van der Waals surface area contributed by atoms with Crippen LogP contribution in [0, 0.1) is 11.6 Å². The molecule has 0 aliphatic rings. The second kappa shape index (κ2) is 7.04. The first kappa shape index (κ1) is 15.4. The third kappa shape index (κ3) is 5.22. The maximum Gasteiger partial charge on any atom is 0.215 e. The molecule has 1 aromatic rings. The van der Waals surface area contributed by atoms with E-state index in [9.17, 15) is 18.7 Å². The monoisotopic (exact) mass is 267 g/mol. The summed E-state index contributed by atoms with van der Waals surface area (Å²) in [5.41, 5.74) is 0.374. The van der Waals surface area contributed by atoms with Crippen LogP contribution in [0.3, 0.4) is 0 Å². The predicted molar refractivity (Wildman–Crippen MR) is 71.7 cm³/mol. The van der Waals surface area contributed by atoms with Crippen LogP contribution < -0.4 is 5.32 Å². The number of nitrogens with one attached hydrogen (secondary N) is 1. The Bertz CT molecular complexity index is 448. The topological polar surface area (TPSA) is 49.3 Å². The molecule has 0 spiro atoms. The first-order valence-electron chi connectivity index (χ1n) is 5.93. The van der Waals surface area contributed by atoms with Crippen molar-refractivity contribution >= 4 is 13.7 Å². The van der Waals surface area contributed by atoms with Crippen LogP contribution in [0.2, 0.25) is 0 Å². The number of hydrogen-bond donors (Lipinski definition) is 2. The molecule has 0 bridgehead atoms. The van der Waals surface area contributed by atoms with Gasteiger partial charge in [0.25, 0.3) is 0 Å². The van der Waals surface area contributed by atoms with E-state index in [1.807, 2.05) is 0 Å². The van der Waals surface area contributed by atoms with Gasteiger partial charge in [0.05, 0.1) is 12.1 Å². The zero-order valence-electron chi connectivity index (χ0n) is 10.7. The van der Waals surface area contributed by atoms with E-state index in [4.69, 9.17) is 0 Å². The lowest BCUT2D eigenvalue weighted by Gasteiger charge is -2.23. The summed E-state index contributed by atoms with van der Waals surface area (Å²) in [5, 5.41) is 12.5. The highest BCUT2D eigenvalue weighted by molar-refractivity contribution is 6.57. The number of aliphatic hydroxyl groups is 1. The van der Waals surface area contributed by atoms with Crippen LogP contribution in [0.5, 0.6) is 0 Å². The Balaban J connectivity index is 2.86. The largest absolute Gasteiger partial charge is 0.391 e. The van der Waals surface area contributed by atoms with Crippen molar-refractivity contribution in [1.29, 1.82) is 0 Å². The van der Waals surface area contributed by atoms with Crippen molar-refractivity contribution in [1.82, 2.24) is 5.32 Å². The summed E-state index contributed by atoms with van der Waals surface area (Å²) >= 11 is 0. The normalized spacial score (nSPS) is 13.6. The van der Waals surface area contributed by atoms with Crippen molar-refractivity contribution in [3.63, 3.8) is 0 Å². The van der Waals surface area contributed by atoms with Gasteiger partial charge in [0.1, 0.15) is 11.6 Å². The van der Waals surface area contributed by atoms with E-state index in [-0.39, 0.29) is 18.6 Å². The van der Waals surface area contributed by atoms with E-state index < -0.39 is 23.8 Å². The number of amides is 1. The van der Waals surface area contributed by atoms with Crippen LogP contribution in [0.1, 0.15) is 12.0 Å². The van der Waals surface area contributed by atoms with E-state index in [1.165, 1.54) is 26.1 Å². The SMILES string of the molecule is BC(=O)N[C@@H](Cc1cc(F)cc(F)c1)[C@@H](O)CC=C. The Kier molecular flexibility index (Phi) is 5.70. The van der Waals surface area contributed by atoms with Crippen LogP contribution in [0.25, 0.3) is 0 Å². The lowest BCUT2D eigenvalue weighted by Crippen LogP contribution is -2.44. The molecule has 0 saturated carbocycles. The van der Waals surface area contributed by atoms with Gasteiger partial charge in [-0.15, -0.1) is 6.58 Å². The molecule has 19 heavy (non-hydrogen) atoms. The minimum atomic E-state index is -0.854. The van der Waals surface area contributed by atoms with Gasteiger partial charge >= 0.3 is 0 Å². The fraction of sp³-hybridized carbons (Fsp3) is 0.308. The van der Waals surface area contributed by atoms with Crippen molar-refractivity contribution in [2.45, 2.75) is 25.0 Å². The lowest BCUT2D eigenvalue weighted by molar-refractivity contribution is 0.134. The second-order valence-corrected chi connectivity index (χ2v) is 4.38. The number of benzene rings is 1. The van der Waals surface area contributed by atoms with Crippen LogP contribution in [-0.4, -0.2) is 30.9 Å². The zero-order valence-corrected chi connectivity index (χ0v) is 10.7. The van der Waals surface area contributed by atoms with Gasteiger partial charge in [-0.05, 0) is 30.5 Å². The molecule has 0 radical (unpaired) electrons. The Morgan fingerprint density at radius 3 is 2.47 bits per heavy atom. The molecular weight excluding hydrogens is 251 g/mol. The van der Waals surface area contributed by atoms with Crippen LogP contribution in [0.15, 0.2) is 30.9 Å². The predicted octanol–water partition coefficient (Wildman–Crippen LogP) is 1.16. The molecule has 0 saturated heterocycles. The van der Waals surface area contributed by atoms with Crippen LogP contribution >= 0.6 is 0 Å². The third-order valence-corrected chi connectivity index (χ3v) is 2.64. The van der Waals surface area contributed by atoms with Crippen LogP contribution in [-0.2, 0) is 6.42 Å². The van der Waals surface area contributed by atoms with E-state index in [2.05, 4.69) is 11.9 Å². The van der Waals surface area contributed by atoms with Crippen molar-refractivity contribution in [2.24, 2.45) is 0 Å². The summed E-state index contributed by atoms with van der Waals surface area (Å²) in [5.74, 6) is -1.69. The van der Waals surface area contributed by atoms with Crippen molar-refractivity contribution < 1.29 is 18.7 Å². The number of rotatable bonds is 6. The average Bonchev–Trinajstić information content (AvgIpc) is 2.26. The molecule has 0 aliphatic heterocycles. The molecule has 3 nitrogen and oxygen atoms in total. The first-order chi connectivity index (χ1) is 8.92. The number of hydrogen-bond acceptors (Lipinski definition) is 2. The summed E-state index contributed by atoms with van der Waals surface area (Å²) in [6.45, 7) is 3.50. The fourth-order valence-electron chi connectivity index (χ4n) is 1.86. The van der Waals surface area contributed by atoms with Gasteiger partial charge in [-0.2, -0.15) is 0 Å².